The quantitative estimate of drug-likeness (QED) is 0.379. The first kappa shape index (κ1) is 22.7. The zero-order valence-corrected chi connectivity index (χ0v) is 20.7. The van der Waals surface area contributed by atoms with Crippen LogP contribution in [0.1, 0.15) is 40.3 Å². The van der Waals surface area contributed by atoms with Crippen LogP contribution in [-0.4, -0.2) is 42.6 Å². The Balaban J connectivity index is 1.35. The van der Waals surface area contributed by atoms with Crippen LogP contribution in [0.3, 0.4) is 0 Å². The first-order valence-electron chi connectivity index (χ1n) is 11.9. The van der Waals surface area contributed by atoms with Gasteiger partial charge in [-0.25, -0.2) is 0 Å². The van der Waals surface area contributed by atoms with Gasteiger partial charge in [0.2, 0.25) is 5.91 Å². The van der Waals surface area contributed by atoms with Crippen molar-refractivity contribution in [2.24, 2.45) is 0 Å². The van der Waals surface area contributed by atoms with Gasteiger partial charge < -0.3 is 14.8 Å². The number of carbonyl (C=O) groups is 1. The number of anilines is 1. The fourth-order valence-corrected chi connectivity index (χ4v) is 4.78. The normalized spacial score (nSPS) is 14.9. The molecule has 1 aliphatic heterocycles. The highest BCUT2D eigenvalue weighted by Crippen LogP contribution is 2.42. The minimum absolute atomic E-state index is 0.0946. The van der Waals surface area contributed by atoms with E-state index in [2.05, 4.69) is 39.7 Å². The maximum Gasteiger partial charge on any atom is 0.226 e. The third kappa shape index (κ3) is 4.06. The van der Waals surface area contributed by atoms with Gasteiger partial charge in [0.25, 0.3) is 0 Å². The summed E-state index contributed by atoms with van der Waals surface area (Å²) in [6.07, 6.45) is 1.82. The van der Waals surface area contributed by atoms with E-state index in [-0.39, 0.29) is 11.8 Å². The number of rotatable bonds is 6. The van der Waals surface area contributed by atoms with Crippen molar-refractivity contribution >= 4 is 17.4 Å². The van der Waals surface area contributed by atoms with Gasteiger partial charge in [0.1, 0.15) is 18.8 Å². The Kier molecular flexibility index (Phi) is 5.56. The Morgan fingerprint density at radius 2 is 1.92 bits per heavy atom. The van der Waals surface area contributed by atoms with E-state index in [4.69, 9.17) is 14.6 Å². The highest BCUT2D eigenvalue weighted by atomic mass is 16.5. The van der Waals surface area contributed by atoms with Gasteiger partial charge in [0.15, 0.2) is 23.0 Å². The summed E-state index contributed by atoms with van der Waals surface area (Å²) in [6, 6.07) is 17.6. The van der Waals surface area contributed by atoms with Crippen LogP contribution < -0.4 is 14.8 Å². The van der Waals surface area contributed by atoms with Crippen molar-refractivity contribution in [3.63, 3.8) is 0 Å². The van der Waals surface area contributed by atoms with E-state index in [1.165, 1.54) is 11.9 Å². The number of hydrogen-bond donors (Lipinski definition) is 1. The van der Waals surface area contributed by atoms with Gasteiger partial charge in [-0.1, -0.05) is 30.3 Å². The second-order valence-corrected chi connectivity index (χ2v) is 9.02. The van der Waals surface area contributed by atoms with Crippen LogP contribution in [0.4, 0.5) is 5.82 Å². The maximum absolute atomic E-state index is 12.8. The Hall–Kier alpha value is -4.73. The maximum atomic E-state index is 12.8. The molecule has 0 saturated carbocycles. The smallest absolute Gasteiger partial charge is 0.226 e. The van der Waals surface area contributed by atoms with Crippen LogP contribution in [0.15, 0.2) is 60.9 Å². The molecule has 6 rings (SSSR count). The summed E-state index contributed by atoms with van der Waals surface area (Å²) in [4.78, 5) is 12.8. The molecule has 4 heterocycles. The molecule has 0 radical (unpaired) electrons. The zero-order chi connectivity index (χ0) is 25.5. The predicted octanol–water partition coefficient (Wildman–Crippen LogP) is 3.99. The molecule has 0 saturated heterocycles. The van der Waals surface area contributed by atoms with Crippen molar-refractivity contribution in [3.8, 4) is 17.3 Å². The number of hydrogen-bond acceptors (Lipinski definition) is 7. The van der Waals surface area contributed by atoms with Gasteiger partial charge in [-0.3, -0.25) is 4.79 Å². The molecule has 0 fully saturated rings. The lowest BCUT2D eigenvalue weighted by atomic mass is 9.85. The molecule has 1 amide bonds. The van der Waals surface area contributed by atoms with Crippen molar-refractivity contribution < 1.29 is 14.3 Å². The second kappa shape index (κ2) is 9.05. The number of ether oxygens (including phenoxy) is 2. The van der Waals surface area contributed by atoms with Crippen molar-refractivity contribution in [3.05, 3.63) is 88.9 Å². The van der Waals surface area contributed by atoms with Crippen LogP contribution in [-0.2, 0) is 11.4 Å². The Morgan fingerprint density at radius 3 is 2.76 bits per heavy atom. The summed E-state index contributed by atoms with van der Waals surface area (Å²) < 4.78 is 15.0. The Bertz CT molecular complexity index is 1640. The highest BCUT2D eigenvalue weighted by molar-refractivity contribution is 5.95. The standard InChI is InChI=1S/C27H25N7O3/c1-16-6-4-5-7-19(16)14-37-21-9-8-18(12-22(21)36-3)20-13-25(35)29-27-26(20)17(2)31-34(27)24-11-10-23-30-28-15-33(23)32-24/h4-12,15,20H,13-14H2,1-3H3,(H,29,35)/t20-/m0/s1. The topological polar surface area (TPSA) is 108 Å². The summed E-state index contributed by atoms with van der Waals surface area (Å²) in [6.45, 7) is 4.44. The number of carbonyl (C=O) groups excluding carboxylic acids is 1. The second-order valence-electron chi connectivity index (χ2n) is 9.02. The number of nitrogens with one attached hydrogen (secondary N) is 1. The number of benzene rings is 2. The fourth-order valence-electron chi connectivity index (χ4n) is 4.78. The molecular weight excluding hydrogens is 470 g/mol. The van der Waals surface area contributed by atoms with E-state index in [1.807, 2.05) is 37.3 Å². The molecule has 2 aromatic carbocycles. The minimum Gasteiger partial charge on any atom is -0.493 e. The van der Waals surface area contributed by atoms with Crippen molar-refractivity contribution in [1.29, 1.82) is 0 Å². The molecule has 1 atom stereocenters. The van der Waals surface area contributed by atoms with Gasteiger partial charge >= 0.3 is 0 Å². The summed E-state index contributed by atoms with van der Waals surface area (Å²) in [7, 11) is 1.62. The molecule has 5 aromatic rings. The molecule has 1 aliphatic rings. The van der Waals surface area contributed by atoms with Gasteiger partial charge in [-0.2, -0.15) is 14.3 Å². The van der Waals surface area contributed by atoms with Crippen molar-refractivity contribution in [1.82, 2.24) is 29.6 Å². The predicted molar refractivity (Wildman–Crippen MR) is 136 cm³/mol. The third-order valence-electron chi connectivity index (χ3n) is 6.70. The lowest BCUT2D eigenvalue weighted by Gasteiger charge is -2.25. The lowest BCUT2D eigenvalue weighted by Crippen LogP contribution is -2.25. The van der Waals surface area contributed by atoms with Gasteiger partial charge in [0.05, 0.1) is 12.8 Å². The third-order valence-corrected chi connectivity index (χ3v) is 6.70. The molecule has 1 N–H and O–H groups in total. The van der Waals surface area contributed by atoms with E-state index in [0.29, 0.717) is 41.8 Å². The summed E-state index contributed by atoms with van der Waals surface area (Å²) >= 11 is 0. The van der Waals surface area contributed by atoms with Crippen molar-refractivity contribution in [2.75, 3.05) is 12.4 Å². The monoisotopic (exact) mass is 495 g/mol. The Labute approximate surface area is 212 Å². The number of methoxy groups -OCH3 is 1. The minimum atomic E-state index is -0.199. The molecule has 37 heavy (non-hydrogen) atoms. The molecule has 0 unspecified atom stereocenters. The van der Waals surface area contributed by atoms with E-state index in [0.717, 1.165) is 22.4 Å². The van der Waals surface area contributed by atoms with Gasteiger partial charge in [-0.15, -0.1) is 15.3 Å². The molecule has 3 aromatic heterocycles. The average Bonchev–Trinajstić information content (AvgIpc) is 3.51. The lowest BCUT2D eigenvalue weighted by molar-refractivity contribution is -0.116. The van der Waals surface area contributed by atoms with Crippen LogP contribution in [0, 0.1) is 13.8 Å². The van der Waals surface area contributed by atoms with E-state index in [9.17, 15) is 4.79 Å². The molecule has 10 heteroatoms. The zero-order valence-electron chi connectivity index (χ0n) is 20.7. The SMILES string of the molecule is COc1cc([C@@H]2CC(=O)Nc3c2c(C)nn3-c2ccc3nncn3n2)ccc1OCc1ccccc1C. The molecular formula is C27H25N7O3. The van der Waals surface area contributed by atoms with Gasteiger partial charge in [0, 0.05) is 17.9 Å². The Morgan fingerprint density at radius 1 is 1.05 bits per heavy atom. The first-order chi connectivity index (χ1) is 18.0. The summed E-state index contributed by atoms with van der Waals surface area (Å²) in [5.41, 5.74) is 5.61. The fraction of sp³-hybridized carbons (Fsp3) is 0.222. The molecule has 0 aliphatic carbocycles. The van der Waals surface area contributed by atoms with Gasteiger partial charge in [-0.05, 0) is 54.8 Å². The van der Waals surface area contributed by atoms with Crippen LogP contribution in [0.2, 0.25) is 0 Å². The summed E-state index contributed by atoms with van der Waals surface area (Å²) in [5, 5.41) is 20.1. The summed E-state index contributed by atoms with van der Waals surface area (Å²) in [5.74, 6) is 2.13. The molecule has 10 nitrogen and oxygen atoms in total. The highest BCUT2D eigenvalue weighted by Gasteiger charge is 2.33. The van der Waals surface area contributed by atoms with Crippen LogP contribution >= 0.6 is 0 Å². The number of fused-ring (bicyclic) bond motifs is 2. The largest absolute Gasteiger partial charge is 0.493 e. The van der Waals surface area contributed by atoms with Crippen molar-refractivity contribution in [2.45, 2.75) is 32.8 Å². The number of aromatic nitrogens is 6. The number of aryl methyl sites for hydroxylation is 2. The average molecular weight is 496 g/mol. The van der Waals surface area contributed by atoms with Crippen LogP contribution in [0.25, 0.3) is 11.5 Å². The van der Waals surface area contributed by atoms with Crippen LogP contribution in [0.5, 0.6) is 11.5 Å². The molecule has 0 bridgehead atoms. The van der Waals surface area contributed by atoms with E-state index in [1.54, 1.807) is 28.4 Å². The van der Waals surface area contributed by atoms with E-state index >= 15 is 0 Å². The number of amides is 1. The van der Waals surface area contributed by atoms with E-state index < -0.39 is 0 Å². The first-order valence-corrected chi connectivity index (χ1v) is 11.9. The molecule has 0 spiro atoms. The molecule has 186 valence electrons. The number of nitrogens with zero attached hydrogens (tertiary/aromatic N) is 6.